The molecule has 0 amide bonds. The molecule has 126 valence electrons. The van der Waals surface area contributed by atoms with Crippen LogP contribution >= 0.6 is 0 Å². The number of hydrogen-bond acceptors (Lipinski definition) is 4. The van der Waals surface area contributed by atoms with Gasteiger partial charge in [-0.15, -0.1) is 0 Å². The highest BCUT2D eigenvalue weighted by atomic mass is 32.2. The van der Waals surface area contributed by atoms with Crippen LogP contribution in [0, 0.1) is 5.82 Å². The Morgan fingerprint density at radius 2 is 1.83 bits per heavy atom. The van der Waals surface area contributed by atoms with Gasteiger partial charge in [0.15, 0.2) is 15.6 Å². The van der Waals surface area contributed by atoms with E-state index >= 15 is 0 Å². The van der Waals surface area contributed by atoms with Crippen molar-refractivity contribution < 1.29 is 17.6 Å². The van der Waals surface area contributed by atoms with Gasteiger partial charge in [-0.05, 0) is 49.2 Å². The lowest BCUT2D eigenvalue weighted by atomic mass is 10.1. The zero-order valence-electron chi connectivity index (χ0n) is 13.4. The minimum Gasteiger partial charge on any atom is -0.381 e. The number of halogens is 1. The van der Waals surface area contributed by atoms with Crippen LogP contribution in [0.4, 0.5) is 10.1 Å². The number of hydrogen-bond donors (Lipinski definition) is 1. The van der Waals surface area contributed by atoms with E-state index in [0.29, 0.717) is 11.3 Å². The number of nitrogens with one attached hydrogen (secondary N) is 1. The summed E-state index contributed by atoms with van der Waals surface area (Å²) in [6.45, 7) is 1.44. The quantitative estimate of drug-likeness (QED) is 0.842. The Morgan fingerprint density at radius 1 is 1.17 bits per heavy atom. The van der Waals surface area contributed by atoms with Crippen molar-refractivity contribution in [3.8, 4) is 0 Å². The third-order valence-electron chi connectivity index (χ3n) is 4.22. The highest BCUT2D eigenvalue weighted by molar-refractivity contribution is 7.90. The first-order valence-corrected chi connectivity index (χ1v) is 9.52. The highest BCUT2D eigenvalue weighted by Gasteiger charge is 2.39. The molecule has 0 spiro atoms. The van der Waals surface area contributed by atoms with E-state index in [0.717, 1.165) is 18.2 Å². The average molecular weight is 347 g/mol. The SMILES string of the molecule is CC(=O)c1ccc(S(C)(=O)=O)c(N[C@@H]2C[C@H]2c2ccc(F)cc2)c1. The van der Waals surface area contributed by atoms with Gasteiger partial charge >= 0.3 is 0 Å². The van der Waals surface area contributed by atoms with Crippen LogP contribution in [0.3, 0.4) is 0 Å². The minimum absolute atomic E-state index is 0.0677. The number of carbonyl (C=O) groups is 1. The van der Waals surface area contributed by atoms with Crippen LogP contribution in [0.25, 0.3) is 0 Å². The zero-order valence-corrected chi connectivity index (χ0v) is 14.2. The van der Waals surface area contributed by atoms with Gasteiger partial charge in [-0.3, -0.25) is 4.79 Å². The Morgan fingerprint density at radius 3 is 2.42 bits per heavy atom. The zero-order chi connectivity index (χ0) is 17.5. The molecular weight excluding hydrogens is 329 g/mol. The van der Waals surface area contributed by atoms with E-state index in [-0.39, 0.29) is 28.5 Å². The van der Waals surface area contributed by atoms with E-state index in [9.17, 15) is 17.6 Å². The molecular formula is C18H18FNO3S. The van der Waals surface area contributed by atoms with Crippen molar-refractivity contribution in [2.45, 2.75) is 30.2 Å². The molecule has 0 bridgehead atoms. The molecule has 2 aromatic rings. The monoisotopic (exact) mass is 347 g/mol. The summed E-state index contributed by atoms with van der Waals surface area (Å²) in [6, 6.07) is 11.0. The Bertz CT molecular complexity index is 891. The van der Waals surface area contributed by atoms with Crippen LogP contribution < -0.4 is 5.32 Å². The van der Waals surface area contributed by atoms with Gasteiger partial charge in [0.25, 0.3) is 0 Å². The first-order chi connectivity index (χ1) is 11.3. The Balaban J connectivity index is 1.86. The maximum absolute atomic E-state index is 13.0. The van der Waals surface area contributed by atoms with Crippen molar-refractivity contribution in [1.82, 2.24) is 0 Å². The normalized spacial score (nSPS) is 19.8. The summed E-state index contributed by atoms with van der Waals surface area (Å²) in [5.41, 5.74) is 1.92. The number of ketones is 1. The van der Waals surface area contributed by atoms with Gasteiger partial charge < -0.3 is 5.32 Å². The van der Waals surface area contributed by atoms with Gasteiger partial charge in [0.1, 0.15) is 5.82 Å². The number of sulfone groups is 1. The van der Waals surface area contributed by atoms with Crippen LogP contribution in [0.2, 0.25) is 0 Å². The summed E-state index contributed by atoms with van der Waals surface area (Å²) in [6.07, 6.45) is 1.98. The summed E-state index contributed by atoms with van der Waals surface area (Å²) in [4.78, 5) is 11.7. The lowest BCUT2D eigenvalue weighted by molar-refractivity contribution is 0.101. The van der Waals surface area contributed by atoms with Crippen LogP contribution in [-0.4, -0.2) is 26.5 Å². The van der Waals surface area contributed by atoms with Crippen LogP contribution in [0.5, 0.6) is 0 Å². The second kappa shape index (κ2) is 6.02. The second-order valence-electron chi connectivity index (χ2n) is 6.18. The fourth-order valence-corrected chi connectivity index (χ4v) is 3.65. The van der Waals surface area contributed by atoms with Crippen molar-refractivity contribution in [1.29, 1.82) is 0 Å². The van der Waals surface area contributed by atoms with Crippen molar-refractivity contribution in [2.24, 2.45) is 0 Å². The molecule has 1 fully saturated rings. The third kappa shape index (κ3) is 3.48. The van der Waals surface area contributed by atoms with Gasteiger partial charge in [0.2, 0.25) is 0 Å². The van der Waals surface area contributed by atoms with E-state index < -0.39 is 9.84 Å². The fourth-order valence-electron chi connectivity index (χ4n) is 2.82. The predicted octanol–water partition coefficient (Wildman–Crippen LogP) is 3.40. The van der Waals surface area contributed by atoms with Gasteiger partial charge in [0, 0.05) is 23.8 Å². The van der Waals surface area contributed by atoms with Crippen LogP contribution in [0.15, 0.2) is 47.4 Å². The molecule has 0 saturated heterocycles. The van der Waals surface area contributed by atoms with Gasteiger partial charge in [-0.25, -0.2) is 12.8 Å². The van der Waals surface area contributed by atoms with E-state index in [4.69, 9.17) is 0 Å². The smallest absolute Gasteiger partial charge is 0.177 e. The molecule has 1 aliphatic carbocycles. The number of rotatable bonds is 5. The maximum Gasteiger partial charge on any atom is 0.177 e. The van der Waals surface area contributed by atoms with Crippen molar-refractivity contribution in [3.63, 3.8) is 0 Å². The predicted molar refractivity (Wildman–Crippen MR) is 90.7 cm³/mol. The van der Waals surface area contributed by atoms with E-state index in [1.54, 1.807) is 18.2 Å². The molecule has 0 unspecified atom stereocenters. The summed E-state index contributed by atoms with van der Waals surface area (Å²) in [7, 11) is -3.40. The van der Waals surface area contributed by atoms with Gasteiger partial charge in [-0.2, -0.15) is 0 Å². The summed E-state index contributed by atoms with van der Waals surface area (Å²) in [5, 5.41) is 3.22. The molecule has 1 saturated carbocycles. The first kappa shape index (κ1) is 16.6. The van der Waals surface area contributed by atoms with Gasteiger partial charge in [-0.1, -0.05) is 12.1 Å². The van der Waals surface area contributed by atoms with E-state index in [2.05, 4.69) is 5.32 Å². The summed E-state index contributed by atoms with van der Waals surface area (Å²) < 4.78 is 36.9. The summed E-state index contributed by atoms with van der Waals surface area (Å²) in [5.74, 6) is -0.194. The summed E-state index contributed by atoms with van der Waals surface area (Å²) >= 11 is 0. The average Bonchev–Trinajstić information content (AvgIpc) is 3.26. The minimum atomic E-state index is -3.40. The van der Waals surface area contributed by atoms with E-state index in [1.807, 2.05) is 0 Å². The Labute approximate surface area is 140 Å². The molecule has 0 radical (unpaired) electrons. The number of Topliss-reactive ketones (excluding diaryl/α,β-unsaturated/α-hetero) is 1. The Hall–Kier alpha value is -2.21. The standard InChI is InChI=1S/C18H18FNO3S/c1-11(21)13-5-8-18(24(2,22)23)17(9-13)20-16-10-15(16)12-3-6-14(19)7-4-12/h3-9,15-16,20H,10H2,1-2H3/t15-,16+/m0/s1. The molecule has 1 aliphatic rings. The van der Waals surface area contributed by atoms with Crippen LogP contribution in [-0.2, 0) is 9.84 Å². The molecule has 0 aromatic heterocycles. The second-order valence-corrected chi connectivity index (χ2v) is 8.17. The molecule has 2 aromatic carbocycles. The van der Waals surface area contributed by atoms with Crippen molar-refractivity contribution in [2.75, 3.05) is 11.6 Å². The van der Waals surface area contributed by atoms with Gasteiger partial charge in [0.05, 0.1) is 10.6 Å². The topological polar surface area (TPSA) is 63.2 Å². The maximum atomic E-state index is 13.0. The van der Waals surface area contributed by atoms with E-state index in [1.165, 1.54) is 31.2 Å². The largest absolute Gasteiger partial charge is 0.381 e. The molecule has 24 heavy (non-hydrogen) atoms. The molecule has 4 nitrogen and oxygen atoms in total. The number of benzene rings is 2. The molecule has 6 heteroatoms. The Kier molecular flexibility index (Phi) is 4.17. The number of anilines is 1. The lowest BCUT2D eigenvalue weighted by Crippen LogP contribution is -2.10. The molecule has 2 atom stereocenters. The fraction of sp³-hybridized carbons (Fsp3) is 0.278. The van der Waals surface area contributed by atoms with Crippen molar-refractivity contribution >= 4 is 21.3 Å². The number of carbonyl (C=O) groups excluding carboxylic acids is 1. The lowest BCUT2D eigenvalue weighted by Gasteiger charge is -2.12. The highest BCUT2D eigenvalue weighted by Crippen LogP contribution is 2.43. The molecule has 3 rings (SSSR count). The van der Waals surface area contributed by atoms with Crippen molar-refractivity contribution in [3.05, 3.63) is 59.4 Å². The first-order valence-electron chi connectivity index (χ1n) is 7.63. The third-order valence-corrected chi connectivity index (χ3v) is 5.37. The molecule has 1 N–H and O–H groups in total. The van der Waals surface area contributed by atoms with Crippen LogP contribution in [0.1, 0.15) is 35.2 Å². The molecule has 0 heterocycles. The molecule has 0 aliphatic heterocycles.